The highest BCUT2D eigenvalue weighted by molar-refractivity contribution is 7.09. The molecular weight excluding hydrogens is 355 g/mol. The number of thiazole rings is 1. The van der Waals surface area contributed by atoms with E-state index in [9.17, 15) is 23.1 Å². The second-order valence-electron chi connectivity index (χ2n) is 5.22. The number of carbonyl (C=O) groups excluding carboxylic acids is 1. The highest BCUT2D eigenvalue weighted by Gasteiger charge is 2.31. The van der Waals surface area contributed by atoms with E-state index in [4.69, 9.17) is 4.74 Å². The summed E-state index contributed by atoms with van der Waals surface area (Å²) in [6, 6.07) is 4.61. The molecule has 0 aliphatic rings. The van der Waals surface area contributed by atoms with Gasteiger partial charge in [-0.2, -0.15) is 13.2 Å². The minimum absolute atomic E-state index is 0.222. The van der Waals surface area contributed by atoms with Crippen molar-refractivity contribution in [1.29, 1.82) is 0 Å². The van der Waals surface area contributed by atoms with Gasteiger partial charge in [0.05, 0.1) is 11.1 Å². The van der Waals surface area contributed by atoms with Gasteiger partial charge in [-0.25, -0.2) is 9.78 Å². The van der Waals surface area contributed by atoms with Crippen LogP contribution in [0.4, 0.5) is 13.2 Å². The Balaban J connectivity index is 2.14. The van der Waals surface area contributed by atoms with Crippen LogP contribution in [0.1, 0.15) is 41.7 Å². The van der Waals surface area contributed by atoms with E-state index < -0.39 is 29.9 Å². The minimum atomic E-state index is -4.48. The number of aromatic nitrogens is 1. The van der Waals surface area contributed by atoms with Crippen LogP contribution in [-0.2, 0) is 15.7 Å². The molecule has 1 N–H and O–H groups in total. The molecule has 0 amide bonds. The lowest BCUT2D eigenvalue weighted by Gasteiger charge is -2.19. The maximum Gasteiger partial charge on any atom is 0.416 e. The minimum Gasteiger partial charge on any atom is -0.454 e. The summed E-state index contributed by atoms with van der Waals surface area (Å²) in [7, 11) is 0. The number of aliphatic hydroxyl groups excluding tert-OH is 1. The average Bonchev–Trinajstić information content (AvgIpc) is 3.12. The molecule has 4 nitrogen and oxygen atoms in total. The molecule has 1 aromatic carbocycles. The zero-order valence-corrected chi connectivity index (χ0v) is 14.1. The van der Waals surface area contributed by atoms with Gasteiger partial charge in [0.25, 0.3) is 0 Å². The number of halogens is 3. The number of alkyl halides is 3. The Morgan fingerprint density at radius 3 is 2.72 bits per heavy atom. The molecule has 2 unspecified atom stereocenters. The molecule has 0 aliphatic carbocycles. The second-order valence-corrected chi connectivity index (χ2v) is 6.15. The van der Waals surface area contributed by atoms with Crippen LogP contribution in [0.15, 0.2) is 48.0 Å². The van der Waals surface area contributed by atoms with Crippen LogP contribution in [0.2, 0.25) is 0 Å². The maximum absolute atomic E-state index is 12.8. The highest BCUT2D eigenvalue weighted by Crippen LogP contribution is 2.33. The van der Waals surface area contributed by atoms with Crippen LogP contribution in [-0.4, -0.2) is 16.1 Å². The lowest BCUT2D eigenvalue weighted by molar-refractivity contribution is -0.146. The van der Waals surface area contributed by atoms with E-state index in [-0.39, 0.29) is 22.6 Å². The number of esters is 1. The van der Waals surface area contributed by atoms with Gasteiger partial charge in [0.15, 0.2) is 0 Å². The fourth-order valence-corrected chi connectivity index (χ4v) is 2.79. The lowest BCUT2D eigenvalue weighted by atomic mass is 10.0. The first kappa shape index (κ1) is 19.1. The van der Waals surface area contributed by atoms with E-state index in [2.05, 4.69) is 11.6 Å². The molecule has 0 aliphatic heterocycles. The Hall–Kier alpha value is -2.19. The Bertz CT molecular complexity index is 744. The normalized spacial score (nSPS) is 14.0. The Morgan fingerprint density at radius 2 is 2.16 bits per heavy atom. The van der Waals surface area contributed by atoms with Crippen molar-refractivity contribution in [2.75, 3.05) is 0 Å². The van der Waals surface area contributed by atoms with Gasteiger partial charge >= 0.3 is 12.1 Å². The third kappa shape index (κ3) is 4.67. The van der Waals surface area contributed by atoms with Crippen molar-refractivity contribution < 1.29 is 27.8 Å². The number of hydrogen-bond acceptors (Lipinski definition) is 5. The molecule has 0 radical (unpaired) electrons. The van der Waals surface area contributed by atoms with Gasteiger partial charge in [0.2, 0.25) is 0 Å². The Labute approximate surface area is 146 Å². The largest absolute Gasteiger partial charge is 0.454 e. The molecule has 25 heavy (non-hydrogen) atoms. The molecule has 1 heterocycles. The second kappa shape index (κ2) is 7.79. The van der Waals surface area contributed by atoms with Crippen LogP contribution in [0.3, 0.4) is 0 Å². The Kier molecular flexibility index (Phi) is 5.97. The van der Waals surface area contributed by atoms with Gasteiger partial charge in [0, 0.05) is 11.6 Å². The zero-order valence-electron chi connectivity index (χ0n) is 13.3. The monoisotopic (exact) mass is 371 g/mol. The fourth-order valence-electron chi connectivity index (χ4n) is 2.14. The van der Waals surface area contributed by atoms with Crippen molar-refractivity contribution in [3.63, 3.8) is 0 Å². The molecule has 0 fully saturated rings. The molecule has 0 saturated carbocycles. The van der Waals surface area contributed by atoms with Crippen molar-refractivity contribution in [2.24, 2.45) is 0 Å². The van der Waals surface area contributed by atoms with E-state index in [0.29, 0.717) is 0 Å². The smallest absolute Gasteiger partial charge is 0.416 e. The van der Waals surface area contributed by atoms with Gasteiger partial charge < -0.3 is 9.84 Å². The van der Waals surface area contributed by atoms with Gasteiger partial charge in [0.1, 0.15) is 17.2 Å². The summed E-state index contributed by atoms with van der Waals surface area (Å²) in [4.78, 5) is 16.1. The van der Waals surface area contributed by atoms with Crippen LogP contribution in [0.5, 0.6) is 0 Å². The zero-order chi connectivity index (χ0) is 18.6. The van der Waals surface area contributed by atoms with Crippen LogP contribution in [0, 0.1) is 0 Å². The van der Waals surface area contributed by atoms with Crippen LogP contribution < -0.4 is 0 Å². The number of ether oxygens (including phenoxy) is 1. The number of hydrogen-bond donors (Lipinski definition) is 1. The van der Waals surface area contributed by atoms with Crippen molar-refractivity contribution >= 4 is 17.3 Å². The van der Waals surface area contributed by atoms with E-state index in [1.165, 1.54) is 18.3 Å². The highest BCUT2D eigenvalue weighted by atomic mass is 32.1. The molecule has 2 atom stereocenters. The first-order valence-electron chi connectivity index (χ1n) is 7.38. The van der Waals surface area contributed by atoms with Crippen LogP contribution in [0.25, 0.3) is 0 Å². The number of carbonyl (C=O) groups is 1. The lowest BCUT2D eigenvalue weighted by Crippen LogP contribution is -2.17. The van der Waals surface area contributed by atoms with E-state index in [0.717, 1.165) is 23.5 Å². The summed E-state index contributed by atoms with van der Waals surface area (Å²) in [6.45, 7) is 5.19. The van der Waals surface area contributed by atoms with Crippen LogP contribution >= 0.6 is 11.3 Å². The van der Waals surface area contributed by atoms with Gasteiger partial charge in [-0.1, -0.05) is 25.6 Å². The summed E-state index contributed by atoms with van der Waals surface area (Å²) in [6.07, 6.45) is -4.93. The predicted octanol–water partition coefficient (Wildman–Crippen LogP) is 4.45. The quantitative estimate of drug-likeness (QED) is 0.602. The number of nitrogens with zero attached hydrogens (tertiary/aromatic N) is 1. The van der Waals surface area contributed by atoms with Crippen molar-refractivity contribution in [2.45, 2.75) is 31.7 Å². The van der Waals surface area contributed by atoms with Crippen molar-refractivity contribution in [3.8, 4) is 0 Å². The molecule has 134 valence electrons. The predicted molar refractivity (Wildman–Crippen MR) is 86.8 cm³/mol. The van der Waals surface area contributed by atoms with Gasteiger partial charge in [-0.15, -0.1) is 11.3 Å². The van der Waals surface area contributed by atoms with Gasteiger partial charge in [-0.3, -0.25) is 0 Å². The first-order valence-corrected chi connectivity index (χ1v) is 8.26. The SMILES string of the molecule is C=C(C(=O)OC(CC)c1cccc(C(F)(F)F)c1)C(O)c1nccs1. The third-order valence-corrected chi connectivity index (χ3v) is 4.31. The molecule has 2 aromatic rings. The fraction of sp³-hybridized carbons (Fsp3) is 0.294. The average molecular weight is 371 g/mol. The molecule has 0 saturated heterocycles. The molecule has 8 heteroatoms. The molecule has 0 bridgehead atoms. The number of aliphatic hydroxyl groups is 1. The summed E-state index contributed by atoms with van der Waals surface area (Å²) >= 11 is 1.15. The van der Waals surface area contributed by atoms with Crippen molar-refractivity contribution in [1.82, 2.24) is 4.98 Å². The van der Waals surface area contributed by atoms with E-state index >= 15 is 0 Å². The number of benzene rings is 1. The summed E-state index contributed by atoms with van der Waals surface area (Å²) in [5, 5.41) is 12.0. The molecule has 0 spiro atoms. The van der Waals surface area contributed by atoms with Crippen molar-refractivity contribution in [3.05, 3.63) is 64.1 Å². The van der Waals surface area contributed by atoms with Gasteiger partial charge in [-0.05, 0) is 24.1 Å². The summed E-state index contributed by atoms with van der Waals surface area (Å²) in [5.41, 5.74) is -0.816. The topological polar surface area (TPSA) is 59.4 Å². The third-order valence-electron chi connectivity index (χ3n) is 3.48. The standard InChI is InChI=1S/C17H16F3NO3S/c1-3-13(11-5-4-6-12(9-11)17(18,19)20)24-16(23)10(2)14(22)15-21-7-8-25-15/h4-9,13-14,22H,2-3H2,1H3. The number of rotatable bonds is 6. The summed E-state index contributed by atoms with van der Waals surface area (Å²) < 4.78 is 43.7. The first-order chi connectivity index (χ1) is 11.7. The van der Waals surface area contributed by atoms with E-state index in [1.807, 2.05) is 0 Å². The molecule has 1 aromatic heterocycles. The van der Waals surface area contributed by atoms with E-state index in [1.54, 1.807) is 12.3 Å². The summed E-state index contributed by atoms with van der Waals surface area (Å²) in [5.74, 6) is -0.882. The molecule has 2 rings (SSSR count). The maximum atomic E-state index is 12.8. The Morgan fingerprint density at radius 1 is 1.44 bits per heavy atom. The molecular formula is C17H16F3NO3S.